The van der Waals surface area contributed by atoms with Crippen LogP contribution in [0.25, 0.3) is 0 Å². The summed E-state index contributed by atoms with van der Waals surface area (Å²) in [6, 6.07) is 0. The fourth-order valence-corrected chi connectivity index (χ4v) is 1.59. The number of hydrogen-bond acceptors (Lipinski definition) is 3. The molecule has 0 atom stereocenters. The minimum Gasteiger partial charge on any atom is -0.485 e. The maximum absolute atomic E-state index is 6.02. The van der Waals surface area contributed by atoms with Gasteiger partial charge < -0.3 is 9.47 Å². The maximum atomic E-state index is 6.02. The summed E-state index contributed by atoms with van der Waals surface area (Å²) in [5.74, 6) is 1.66. The van der Waals surface area contributed by atoms with Crippen molar-refractivity contribution in [2.45, 2.75) is 58.7 Å². The zero-order valence-electron chi connectivity index (χ0n) is 11.1. The molecule has 0 unspecified atom stereocenters. The summed E-state index contributed by atoms with van der Waals surface area (Å²) in [5, 5.41) is 0. The van der Waals surface area contributed by atoms with Crippen molar-refractivity contribution in [1.29, 1.82) is 0 Å². The van der Waals surface area contributed by atoms with Crippen LogP contribution in [-0.2, 0) is 6.42 Å². The monoisotopic (exact) mass is 235 g/mol. The Morgan fingerprint density at radius 3 is 2.53 bits per heavy atom. The fraction of sp³-hybridized carbons (Fsp3) is 0.643. The van der Waals surface area contributed by atoms with Crippen LogP contribution in [0, 0.1) is 0 Å². The van der Waals surface area contributed by atoms with Gasteiger partial charge in [0.15, 0.2) is 11.5 Å². The van der Waals surface area contributed by atoms with E-state index in [1.54, 1.807) is 6.20 Å². The predicted molar refractivity (Wildman–Crippen MR) is 67.6 cm³/mol. The average molecular weight is 235 g/mol. The Kier molecular flexibility index (Phi) is 3.27. The first-order chi connectivity index (χ1) is 7.99. The third-order valence-corrected chi connectivity index (χ3v) is 2.54. The first kappa shape index (κ1) is 12.2. The van der Waals surface area contributed by atoms with Gasteiger partial charge in [-0.1, -0.05) is 6.92 Å². The van der Waals surface area contributed by atoms with Crippen LogP contribution in [0.5, 0.6) is 11.5 Å². The van der Waals surface area contributed by atoms with Crippen molar-refractivity contribution < 1.29 is 9.47 Å². The number of hydrogen-bond donors (Lipinski definition) is 0. The van der Waals surface area contributed by atoms with Gasteiger partial charge in [-0.15, -0.1) is 0 Å². The molecule has 0 N–H and O–H groups in total. The highest BCUT2D eigenvalue weighted by atomic mass is 16.5. The molecule has 1 aromatic rings. The maximum Gasteiger partial charge on any atom is 0.180 e. The Morgan fingerprint density at radius 2 is 2.00 bits per heavy atom. The van der Waals surface area contributed by atoms with Gasteiger partial charge in [-0.2, -0.15) is 0 Å². The van der Waals surface area contributed by atoms with Crippen molar-refractivity contribution in [3.8, 4) is 11.5 Å². The van der Waals surface area contributed by atoms with Gasteiger partial charge in [-0.05, 0) is 40.0 Å². The Bertz CT molecular complexity index is 392. The third-order valence-electron chi connectivity index (χ3n) is 2.54. The Hall–Kier alpha value is -1.25. The molecule has 17 heavy (non-hydrogen) atoms. The van der Waals surface area contributed by atoms with E-state index in [4.69, 9.17) is 9.47 Å². The smallest absolute Gasteiger partial charge is 0.180 e. The molecule has 2 rings (SSSR count). The van der Waals surface area contributed by atoms with E-state index in [0.717, 1.165) is 36.3 Å². The van der Waals surface area contributed by atoms with Crippen LogP contribution in [0.15, 0.2) is 12.4 Å². The quantitative estimate of drug-likeness (QED) is 0.802. The second-order valence-electron chi connectivity index (χ2n) is 5.51. The molecule has 1 aliphatic carbocycles. The largest absolute Gasteiger partial charge is 0.485 e. The van der Waals surface area contributed by atoms with E-state index in [-0.39, 0.29) is 5.60 Å². The van der Waals surface area contributed by atoms with Crippen LogP contribution in [0.1, 0.15) is 46.1 Å². The highest BCUT2D eigenvalue weighted by Crippen LogP contribution is 2.37. The molecule has 0 amide bonds. The number of ether oxygens (including phenoxy) is 2. The van der Waals surface area contributed by atoms with Crippen molar-refractivity contribution >= 4 is 0 Å². The van der Waals surface area contributed by atoms with Crippen molar-refractivity contribution in [1.82, 2.24) is 4.98 Å². The first-order valence-electron chi connectivity index (χ1n) is 6.32. The lowest BCUT2D eigenvalue weighted by molar-refractivity contribution is 0.121. The number of aromatic nitrogens is 1. The van der Waals surface area contributed by atoms with Gasteiger partial charge in [0.2, 0.25) is 0 Å². The third kappa shape index (κ3) is 3.35. The second-order valence-corrected chi connectivity index (χ2v) is 5.51. The lowest BCUT2D eigenvalue weighted by Crippen LogP contribution is -2.24. The number of rotatable bonds is 4. The molecule has 3 heteroatoms. The molecule has 94 valence electrons. The molecule has 1 heterocycles. The van der Waals surface area contributed by atoms with Crippen molar-refractivity contribution in [3.63, 3.8) is 0 Å². The second kappa shape index (κ2) is 4.55. The molecule has 3 nitrogen and oxygen atoms in total. The van der Waals surface area contributed by atoms with Crippen LogP contribution in [-0.4, -0.2) is 16.7 Å². The van der Waals surface area contributed by atoms with Crippen LogP contribution >= 0.6 is 0 Å². The molecule has 1 aliphatic rings. The first-order valence-corrected chi connectivity index (χ1v) is 6.32. The SMILES string of the molecule is CCc1cncc(OC2CC2)c1OC(C)(C)C. The van der Waals surface area contributed by atoms with E-state index < -0.39 is 0 Å². The highest BCUT2D eigenvalue weighted by molar-refractivity contribution is 5.44. The zero-order chi connectivity index (χ0) is 12.5. The summed E-state index contributed by atoms with van der Waals surface area (Å²) >= 11 is 0. The molecule has 0 radical (unpaired) electrons. The van der Waals surface area contributed by atoms with Gasteiger partial charge in [0, 0.05) is 11.8 Å². The summed E-state index contributed by atoms with van der Waals surface area (Å²) in [6.07, 6.45) is 7.18. The molecular weight excluding hydrogens is 214 g/mol. The zero-order valence-corrected chi connectivity index (χ0v) is 11.1. The Balaban J connectivity index is 2.28. The number of aryl methyl sites for hydroxylation is 1. The minimum atomic E-state index is -0.215. The minimum absolute atomic E-state index is 0.215. The van der Waals surface area contributed by atoms with E-state index in [9.17, 15) is 0 Å². The molecule has 0 aliphatic heterocycles. The van der Waals surface area contributed by atoms with Crippen molar-refractivity contribution in [2.24, 2.45) is 0 Å². The van der Waals surface area contributed by atoms with Crippen LogP contribution in [0.3, 0.4) is 0 Å². The van der Waals surface area contributed by atoms with Crippen molar-refractivity contribution in [2.75, 3.05) is 0 Å². The molecule has 0 spiro atoms. The van der Waals surface area contributed by atoms with E-state index >= 15 is 0 Å². The van der Waals surface area contributed by atoms with Gasteiger partial charge in [-0.3, -0.25) is 4.98 Å². The fourth-order valence-electron chi connectivity index (χ4n) is 1.59. The lowest BCUT2D eigenvalue weighted by Gasteiger charge is -2.24. The average Bonchev–Trinajstić information content (AvgIpc) is 3.02. The van der Waals surface area contributed by atoms with E-state index in [1.165, 1.54) is 0 Å². The Morgan fingerprint density at radius 1 is 1.29 bits per heavy atom. The lowest BCUT2D eigenvalue weighted by atomic mass is 10.1. The Labute approximate surface area is 103 Å². The number of nitrogens with zero attached hydrogens (tertiary/aromatic N) is 1. The summed E-state index contributed by atoms with van der Waals surface area (Å²) in [5.41, 5.74) is 0.894. The summed E-state index contributed by atoms with van der Waals surface area (Å²) < 4.78 is 11.9. The van der Waals surface area contributed by atoms with Crippen LogP contribution in [0.4, 0.5) is 0 Å². The van der Waals surface area contributed by atoms with Gasteiger partial charge >= 0.3 is 0 Å². The standard InChI is InChI=1S/C14H21NO2/c1-5-10-8-15-9-12(16-11-6-7-11)13(10)17-14(2,3)4/h8-9,11H,5-7H2,1-4H3. The molecule has 0 aromatic carbocycles. The van der Waals surface area contributed by atoms with Gasteiger partial charge in [0.05, 0.1) is 12.3 Å². The molecular formula is C14H21NO2. The van der Waals surface area contributed by atoms with Gasteiger partial charge in [0.25, 0.3) is 0 Å². The summed E-state index contributed by atoms with van der Waals surface area (Å²) in [6.45, 7) is 8.25. The van der Waals surface area contributed by atoms with E-state index in [1.807, 2.05) is 27.0 Å². The van der Waals surface area contributed by atoms with Crippen LogP contribution < -0.4 is 9.47 Å². The number of pyridine rings is 1. The molecule has 0 saturated heterocycles. The van der Waals surface area contributed by atoms with Gasteiger partial charge in [-0.25, -0.2) is 0 Å². The van der Waals surface area contributed by atoms with Gasteiger partial charge in [0.1, 0.15) is 5.60 Å². The molecule has 1 fully saturated rings. The normalized spacial score (nSPS) is 15.8. The predicted octanol–water partition coefficient (Wildman–Crippen LogP) is 3.36. The summed E-state index contributed by atoms with van der Waals surface area (Å²) in [7, 11) is 0. The van der Waals surface area contributed by atoms with E-state index in [0.29, 0.717) is 6.10 Å². The summed E-state index contributed by atoms with van der Waals surface area (Å²) in [4.78, 5) is 4.22. The van der Waals surface area contributed by atoms with Crippen molar-refractivity contribution in [3.05, 3.63) is 18.0 Å². The molecule has 1 saturated carbocycles. The van der Waals surface area contributed by atoms with E-state index in [2.05, 4.69) is 11.9 Å². The highest BCUT2D eigenvalue weighted by Gasteiger charge is 2.27. The molecule has 0 bridgehead atoms. The molecule has 1 aromatic heterocycles. The topological polar surface area (TPSA) is 31.4 Å². The van der Waals surface area contributed by atoms with Crippen LogP contribution in [0.2, 0.25) is 0 Å².